The molecule has 0 saturated heterocycles. The molecule has 0 spiro atoms. The summed E-state index contributed by atoms with van der Waals surface area (Å²) in [6, 6.07) is 3.10. The van der Waals surface area contributed by atoms with E-state index in [2.05, 4.69) is 15.9 Å². The van der Waals surface area contributed by atoms with Gasteiger partial charge in [0.15, 0.2) is 0 Å². The lowest BCUT2D eigenvalue weighted by atomic mass is 10.3. The van der Waals surface area contributed by atoms with Crippen LogP contribution < -0.4 is 11.3 Å². The van der Waals surface area contributed by atoms with Crippen molar-refractivity contribution in [3.05, 3.63) is 33.2 Å². The van der Waals surface area contributed by atoms with E-state index in [0.29, 0.717) is 0 Å². The third kappa shape index (κ3) is 2.95. The van der Waals surface area contributed by atoms with Gasteiger partial charge in [0, 0.05) is 23.3 Å². The van der Waals surface area contributed by atoms with E-state index in [1.807, 2.05) is 0 Å². The van der Waals surface area contributed by atoms with Crippen molar-refractivity contribution in [1.82, 2.24) is 4.57 Å². The summed E-state index contributed by atoms with van der Waals surface area (Å²) >= 11 is 3.24. The van der Waals surface area contributed by atoms with E-state index in [-0.39, 0.29) is 18.6 Å². The number of nitrogens with two attached hydrogens (primary N) is 1. The fourth-order valence-corrected chi connectivity index (χ4v) is 1.33. The lowest BCUT2D eigenvalue weighted by molar-refractivity contribution is 0.160. The number of pyridine rings is 1. The van der Waals surface area contributed by atoms with Crippen molar-refractivity contribution in [2.24, 2.45) is 5.73 Å². The van der Waals surface area contributed by atoms with Crippen molar-refractivity contribution >= 4 is 15.9 Å². The predicted molar refractivity (Wildman–Crippen MR) is 53.5 cm³/mol. The molecule has 0 aromatic carbocycles. The maximum Gasteiger partial charge on any atom is 0.250 e. The van der Waals surface area contributed by atoms with Crippen molar-refractivity contribution in [2.45, 2.75) is 12.6 Å². The zero-order chi connectivity index (χ0) is 9.84. The van der Waals surface area contributed by atoms with Crippen LogP contribution in [0.3, 0.4) is 0 Å². The van der Waals surface area contributed by atoms with Crippen molar-refractivity contribution < 1.29 is 5.11 Å². The van der Waals surface area contributed by atoms with Crippen LogP contribution >= 0.6 is 15.9 Å². The van der Waals surface area contributed by atoms with Gasteiger partial charge in [-0.15, -0.1) is 0 Å². The molecule has 1 aromatic rings. The Bertz CT molecular complexity index is 337. The second-order valence-corrected chi connectivity index (χ2v) is 3.64. The first-order chi connectivity index (χ1) is 6.13. The highest BCUT2D eigenvalue weighted by molar-refractivity contribution is 9.10. The number of nitrogens with zero attached hydrogens (tertiary/aromatic N) is 1. The molecule has 0 radical (unpaired) electrons. The van der Waals surface area contributed by atoms with Gasteiger partial charge < -0.3 is 15.4 Å². The quantitative estimate of drug-likeness (QED) is 0.785. The van der Waals surface area contributed by atoms with Crippen molar-refractivity contribution in [2.75, 3.05) is 6.54 Å². The molecular formula is C8H11BrN2O2. The molecule has 0 aliphatic heterocycles. The molecule has 0 saturated carbocycles. The Kier molecular flexibility index (Phi) is 3.65. The number of hydrogen-bond acceptors (Lipinski definition) is 3. The Morgan fingerprint density at radius 2 is 2.31 bits per heavy atom. The largest absolute Gasteiger partial charge is 0.390 e. The lowest BCUT2D eigenvalue weighted by Crippen LogP contribution is -2.30. The summed E-state index contributed by atoms with van der Waals surface area (Å²) in [5.74, 6) is 0. The Morgan fingerprint density at radius 1 is 1.62 bits per heavy atom. The van der Waals surface area contributed by atoms with Crippen LogP contribution in [0, 0.1) is 0 Å². The van der Waals surface area contributed by atoms with Gasteiger partial charge in [0.1, 0.15) is 0 Å². The molecule has 13 heavy (non-hydrogen) atoms. The van der Waals surface area contributed by atoms with Crippen LogP contribution in [0.5, 0.6) is 0 Å². The van der Waals surface area contributed by atoms with E-state index < -0.39 is 6.10 Å². The topological polar surface area (TPSA) is 68.2 Å². The van der Waals surface area contributed by atoms with Crippen LogP contribution in [0.1, 0.15) is 0 Å². The van der Waals surface area contributed by atoms with Crippen LogP contribution in [0.2, 0.25) is 0 Å². The van der Waals surface area contributed by atoms with Gasteiger partial charge in [0.05, 0.1) is 12.6 Å². The average Bonchev–Trinajstić information content (AvgIpc) is 2.11. The highest BCUT2D eigenvalue weighted by Crippen LogP contribution is 2.04. The van der Waals surface area contributed by atoms with Crippen molar-refractivity contribution in [3.63, 3.8) is 0 Å². The highest BCUT2D eigenvalue weighted by Gasteiger charge is 2.03. The van der Waals surface area contributed by atoms with Crippen LogP contribution in [0.15, 0.2) is 27.6 Å². The molecule has 72 valence electrons. The monoisotopic (exact) mass is 246 g/mol. The van der Waals surface area contributed by atoms with Crippen LogP contribution in [-0.2, 0) is 6.54 Å². The molecule has 1 aromatic heterocycles. The molecule has 0 aliphatic rings. The molecule has 1 rings (SSSR count). The number of hydrogen-bond donors (Lipinski definition) is 2. The maximum absolute atomic E-state index is 11.2. The van der Waals surface area contributed by atoms with Gasteiger partial charge in [-0.05, 0) is 22.0 Å². The predicted octanol–water partition coefficient (Wildman–Crippen LogP) is -0.0696. The molecule has 4 nitrogen and oxygen atoms in total. The van der Waals surface area contributed by atoms with E-state index in [9.17, 15) is 9.90 Å². The third-order valence-electron chi connectivity index (χ3n) is 1.63. The zero-order valence-corrected chi connectivity index (χ0v) is 8.57. The zero-order valence-electron chi connectivity index (χ0n) is 6.98. The minimum Gasteiger partial charge on any atom is -0.390 e. The van der Waals surface area contributed by atoms with Gasteiger partial charge in [-0.1, -0.05) is 0 Å². The first-order valence-corrected chi connectivity index (χ1v) is 4.67. The fourth-order valence-electron chi connectivity index (χ4n) is 0.946. The van der Waals surface area contributed by atoms with E-state index in [1.54, 1.807) is 12.3 Å². The second kappa shape index (κ2) is 4.55. The molecule has 1 heterocycles. The highest BCUT2D eigenvalue weighted by atomic mass is 79.9. The number of halogens is 1. The van der Waals surface area contributed by atoms with Gasteiger partial charge in [-0.25, -0.2) is 0 Å². The molecular weight excluding hydrogens is 236 g/mol. The Labute approximate surface area is 84.1 Å². The standard InChI is InChI=1S/C8H11BrN2O2/c9-6-1-2-8(13)11(4-6)5-7(12)3-10/h1-2,4,7,12H,3,5,10H2/t7-/m0/s1. The summed E-state index contributed by atoms with van der Waals surface area (Å²) in [7, 11) is 0. The second-order valence-electron chi connectivity index (χ2n) is 2.73. The number of aliphatic hydroxyl groups is 1. The van der Waals surface area contributed by atoms with E-state index in [1.165, 1.54) is 10.6 Å². The lowest BCUT2D eigenvalue weighted by Gasteiger charge is -2.09. The van der Waals surface area contributed by atoms with E-state index in [0.717, 1.165) is 4.47 Å². The minimum atomic E-state index is -0.674. The smallest absolute Gasteiger partial charge is 0.250 e. The Morgan fingerprint density at radius 3 is 2.92 bits per heavy atom. The van der Waals surface area contributed by atoms with E-state index in [4.69, 9.17) is 5.73 Å². The van der Waals surface area contributed by atoms with Gasteiger partial charge in [-0.2, -0.15) is 0 Å². The van der Waals surface area contributed by atoms with Crippen molar-refractivity contribution in [1.29, 1.82) is 0 Å². The molecule has 5 heteroatoms. The summed E-state index contributed by atoms with van der Waals surface area (Å²) in [5.41, 5.74) is 5.09. The first kappa shape index (κ1) is 10.4. The maximum atomic E-state index is 11.2. The summed E-state index contributed by atoms with van der Waals surface area (Å²) < 4.78 is 2.22. The molecule has 0 amide bonds. The van der Waals surface area contributed by atoms with Crippen LogP contribution in [0.25, 0.3) is 0 Å². The average molecular weight is 247 g/mol. The normalized spacial score (nSPS) is 12.8. The van der Waals surface area contributed by atoms with Gasteiger partial charge in [0.2, 0.25) is 0 Å². The SMILES string of the molecule is NC[C@H](O)Cn1cc(Br)ccc1=O. The molecule has 0 fully saturated rings. The fraction of sp³-hybridized carbons (Fsp3) is 0.375. The molecule has 0 aliphatic carbocycles. The van der Waals surface area contributed by atoms with Gasteiger partial charge in [0.25, 0.3) is 5.56 Å². The number of aromatic nitrogens is 1. The Hall–Kier alpha value is -0.650. The van der Waals surface area contributed by atoms with Gasteiger partial charge >= 0.3 is 0 Å². The molecule has 0 bridgehead atoms. The van der Waals surface area contributed by atoms with Crippen LogP contribution in [-0.4, -0.2) is 22.3 Å². The third-order valence-corrected chi connectivity index (χ3v) is 2.10. The number of aliphatic hydroxyl groups excluding tert-OH is 1. The van der Waals surface area contributed by atoms with E-state index >= 15 is 0 Å². The Balaban J connectivity index is 2.87. The van der Waals surface area contributed by atoms with Crippen molar-refractivity contribution in [3.8, 4) is 0 Å². The molecule has 3 N–H and O–H groups in total. The summed E-state index contributed by atoms with van der Waals surface area (Å²) in [4.78, 5) is 11.2. The van der Waals surface area contributed by atoms with Crippen LogP contribution in [0.4, 0.5) is 0 Å². The minimum absolute atomic E-state index is 0.143. The summed E-state index contributed by atoms with van der Waals surface area (Å²) in [6.45, 7) is 0.383. The summed E-state index contributed by atoms with van der Waals surface area (Å²) in [5, 5.41) is 9.23. The molecule has 1 atom stereocenters. The molecule has 0 unspecified atom stereocenters. The van der Waals surface area contributed by atoms with Gasteiger partial charge in [-0.3, -0.25) is 4.79 Å². The summed E-state index contributed by atoms with van der Waals surface area (Å²) in [6.07, 6.45) is 0.952. The number of rotatable bonds is 3. The first-order valence-electron chi connectivity index (χ1n) is 3.87.